The molecule has 1 aromatic rings. The number of ether oxygens (including phenoxy) is 1. The Morgan fingerprint density at radius 2 is 2.33 bits per heavy atom. The molecule has 0 aliphatic rings. The summed E-state index contributed by atoms with van der Waals surface area (Å²) in [7, 11) is 1.60. The van der Waals surface area contributed by atoms with E-state index < -0.39 is 0 Å². The van der Waals surface area contributed by atoms with Crippen LogP contribution in [0.1, 0.15) is 10.4 Å². The molecule has 1 aromatic carbocycles. The van der Waals surface area contributed by atoms with Crippen molar-refractivity contribution in [3.8, 4) is 0 Å². The summed E-state index contributed by atoms with van der Waals surface area (Å²) in [5, 5.41) is 2.77. The maximum absolute atomic E-state index is 11.7. The van der Waals surface area contributed by atoms with E-state index in [9.17, 15) is 4.79 Å². The van der Waals surface area contributed by atoms with Crippen LogP contribution in [0.25, 0.3) is 0 Å². The zero-order chi connectivity index (χ0) is 11.3. The number of benzene rings is 1. The van der Waals surface area contributed by atoms with Crippen molar-refractivity contribution in [1.82, 2.24) is 5.32 Å². The lowest BCUT2D eigenvalue weighted by Gasteiger charge is -2.06. The molecule has 0 bridgehead atoms. The number of hydrogen-bond donors (Lipinski definition) is 1. The van der Waals surface area contributed by atoms with Gasteiger partial charge in [-0.05, 0) is 56.7 Å². The molecule has 0 saturated heterocycles. The molecule has 0 aliphatic heterocycles. The second kappa shape index (κ2) is 6.44. The normalized spacial score (nSPS) is 10.1. The van der Waals surface area contributed by atoms with Crippen LogP contribution in [0.4, 0.5) is 0 Å². The lowest BCUT2D eigenvalue weighted by molar-refractivity contribution is 0.0936. The predicted molar refractivity (Wildman–Crippen MR) is 71.1 cm³/mol. The number of nitrogens with one attached hydrogen (secondary N) is 1. The molecule has 0 saturated carbocycles. The number of rotatable bonds is 4. The number of halogens is 2. The average molecular weight is 384 g/mol. The Morgan fingerprint density at radius 1 is 1.60 bits per heavy atom. The fraction of sp³-hybridized carbons (Fsp3) is 0.300. The van der Waals surface area contributed by atoms with Gasteiger partial charge in [-0.3, -0.25) is 4.79 Å². The van der Waals surface area contributed by atoms with E-state index in [1.165, 1.54) is 0 Å². The van der Waals surface area contributed by atoms with Crippen LogP contribution in [0.15, 0.2) is 22.7 Å². The van der Waals surface area contributed by atoms with E-state index in [0.29, 0.717) is 18.7 Å². The first-order chi connectivity index (χ1) is 7.15. The first kappa shape index (κ1) is 12.9. The molecule has 5 heteroatoms. The highest BCUT2D eigenvalue weighted by Crippen LogP contribution is 2.19. The minimum absolute atomic E-state index is 0.0857. The molecule has 0 aliphatic carbocycles. The summed E-state index contributed by atoms with van der Waals surface area (Å²) >= 11 is 5.52. The van der Waals surface area contributed by atoms with Crippen LogP contribution < -0.4 is 5.32 Å². The van der Waals surface area contributed by atoms with Crippen molar-refractivity contribution in [2.45, 2.75) is 0 Å². The first-order valence-corrected chi connectivity index (χ1v) is 6.24. The molecule has 82 valence electrons. The minimum Gasteiger partial charge on any atom is -0.383 e. The van der Waals surface area contributed by atoms with E-state index in [4.69, 9.17) is 4.74 Å². The van der Waals surface area contributed by atoms with Crippen molar-refractivity contribution in [3.63, 3.8) is 0 Å². The summed E-state index contributed by atoms with van der Waals surface area (Å²) < 4.78 is 6.69. The number of carbonyl (C=O) groups excluding carboxylic acids is 1. The quantitative estimate of drug-likeness (QED) is 0.640. The summed E-state index contributed by atoms with van der Waals surface area (Å²) in [4.78, 5) is 11.7. The van der Waals surface area contributed by atoms with Crippen LogP contribution >= 0.6 is 38.5 Å². The smallest absolute Gasteiger partial charge is 0.252 e. The van der Waals surface area contributed by atoms with Gasteiger partial charge in [0.2, 0.25) is 0 Å². The molecule has 0 radical (unpaired) electrons. The molecule has 3 nitrogen and oxygen atoms in total. The summed E-state index contributed by atoms with van der Waals surface area (Å²) in [6.45, 7) is 1.04. The molecule has 1 N–H and O–H groups in total. The lowest BCUT2D eigenvalue weighted by atomic mass is 10.2. The van der Waals surface area contributed by atoms with Crippen LogP contribution in [0.3, 0.4) is 0 Å². The summed E-state index contributed by atoms with van der Waals surface area (Å²) in [6.07, 6.45) is 0. The van der Waals surface area contributed by atoms with E-state index >= 15 is 0 Å². The molecule has 0 fully saturated rings. The number of hydrogen-bond acceptors (Lipinski definition) is 2. The van der Waals surface area contributed by atoms with Crippen LogP contribution in [0.2, 0.25) is 0 Å². The van der Waals surface area contributed by atoms with E-state index in [0.717, 1.165) is 8.04 Å². The Labute approximate surface area is 111 Å². The molecule has 0 heterocycles. The van der Waals surface area contributed by atoms with Crippen LogP contribution in [-0.4, -0.2) is 26.2 Å². The van der Waals surface area contributed by atoms with Crippen molar-refractivity contribution in [2.75, 3.05) is 20.3 Å². The van der Waals surface area contributed by atoms with Gasteiger partial charge >= 0.3 is 0 Å². The SMILES string of the molecule is COCCNC(=O)c1cc(I)ccc1Br. The summed E-state index contributed by atoms with van der Waals surface area (Å²) in [6, 6.07) is 5.65. The Morgan fingerprint density at radius 3 is 3.00 bits per heavy atom. The fourth-order valence-electron chi connectivity index (χ4n) is 1.03. The van der Waals surface area contributed by atoms with Gasteiger partial charge < -0.3 is 10.1 Å². The van der Waals surface area contributed by atoms with Crippen LogP contribution in [-0.2, 0) is 4.74 Å². The highest BCUT2D eigenvalue weighted by atomic mass is 127. The number of carbonyl (C=O) groups is 1. The van der Waals surface area contributed by atoms with Gasteiger partial charge in [0.05, 0.1) is 12.2 Å². The fourth-order valence-corrected chi connectivity index (χ4v) is 1.95. The highest BCUT2D eigenvalue weighted by Gasteiger charge is 2.09. The molecule has 1 amide bonds. The van der Waals surface area contributed by atoms with Crippen LogP contribution in [0.5, 0.6) is 0 Å². The van der Waals surface area contributed by atoms with Gasteiger partial charge in [0.1, 0.15) is 0 Å². The second-order valence-corrected chi connectivity index (χ2v) is 4.97. The standard InChI is InChI=1S/C10H11BrINO2/c1-15-5-4-13-10(14)8-6-7(12)2-3-9(8)11/h2-3,6H,4-5H2,1H3,(H,13,14). The van der Waals surface area contributed by atoms with Gasteiger partial charge in [-0.15, -0.1) is 0 Å². The van der Waals surface area contributed by atoms with E-state index in [1.54, 1.807) is 7.11 Å². The maximum atomic E-state index is 11.7. The molecule has 0 atom stereocenters. The molecular formula is C10H11BrINO2. The van der Waals surface area contributed by atoms with E-state index in [-0.39, 0.29) is 5.91 Å². The van der Waals surface area contributed by atoms with Gasteiger partial charge in [0.15, 0.2) is 0 Å². The molecular weight excluding hydrogens is 373 g/mol. The van der Waals surface area contributed by atoms with E-state index in [1.807, 2.05) is 18.2 Å². The zero-order valence-corrected chi connectivity index (χ0v) is 12.0. The maximum Gasteiger partial charge on any atom is 0.252 e. The topological polar surface area (TPSA) is 38.3 Å². The van der Waals surface area contributed by atoms with Crippen molar-refractivity contribution < 1.29 is 9.53 Å². The predicted octanol–water partition coefficient (Wildman–Crippen LogP) is 2.43. The molecule has 1 rings (SSSR count). The van der Waals surface area contributed by atoms with Crippen molar-refractivity contribution >= 4 is 44.4 Å². The van der Waals surface area contributed by atoms with Gasteiger partial charge in [0, 0.05) is 21.7 Å². The van der Waals surface area contributed by atoms with Crippen LogP contribution in [0, 0.1) is 3.57 Å². The number of amides is 1. The Hall–Kier alpha value is -0.140. The third-order valence-electron chi connectivity index (χ3n) is 1.76. The van der Waals surface area contributed by atoms with Gasteiger partial charge in [-0.25, -0.2) is 0 Å². The largest absolute Gasteiger partial charge is 0.383 e. The van der Waals surface area contributed by atoms with Gasteiger partial charge in [-0.1, -0.05) is 0 Å². The van der Waals surface area contributed by atoms with Crippen molar-refractivity contribution in [3.05, 3.63) is 31.8 Å². The highest BCUT2D eigenvalue weighted by molar-refractivity contribution is 14.1. The Bertz CT molecular complexity index is 357. The first-order valence-electron chi connectivity index (χ1n) is 4.37. The van der Waals surface area contributed by atoms with Gasteiger partial charge in [0.25, 0.3) is 5.91 Å². The third kappa shape index (κ3) is 4.08. The number of methoxy groups -OCH3 is 1. The van der Waals surface area contributed by atoms with E-state index in [2.05, 4.69) is 43.8 Å². The van der Waals surface area contributed by atoms with Gasteiger partial charge in [-0.2, -0.15) is 0 Å². The molecule has 0 spiro atoms. The Balaban J connectivity index is 2.68. The molecule has 15 heavy (non-hydrogen) atoms. The molecule has 0 unspecified atom stereocenters. The zero-order valence-electron chi connectivity index (χ0n) is 8.22. The summed E-state index contributed by atoms with van der Waals surface area (Å²) in [5.41, 5.74) is 0.651. The average Bonchev–Trinajstić information content (AvgIpc) is 2.22. The minimum atomic E-state index is -0.0857. The summed E-state index contributed by atoms with van der Waals surface area (Å²) in [5.74, 6) is -0.0857. The van der Waals surface area contributed by atoms with Crippen molar-refractivity contribution in [2.24, 2.45) is 0 Å². The lowest BCUT2D eigenvalue weighted by Crippen LogP contribution is -2.27. The second-order valence-electron chi connectivity index (χ2n) is 2.87. The Kier molecular flexibility index (Phi) is 5.55. The monoisotopic (exact) mass is 383 g/mol. The van der Waals surface area contributed by atoms with Crippen molar-refractivity contribution in [1.29, 1.82) is 0 Å². The molecule has 0 aromatic heterocycles. The third-order valence-corrected chi connectivity index (χ3v) is 3.13.